The second-order valence-electron chi connectivity index (χ2n) is 3.62. The third-order valence-corrected chi connectivity index (χ3v) is 2.51. The van der Waals surface area contributed by atoms with Gasteiger partial charge in [-0.25, -0.2) is 0 Å². The van der Waals surface area contributed by atoms with Gasteiger partial charge in [0.15, 0.2) is 5.82 Å². The number of aryl methyl sites for hydroxylation is 2. The first-order valence-corrected chi connectivity index (χ1v) is 5.73. The molecule has 0 unspecified atom stereocenters. The SMILES string of the molecule is Cc1cc(Br)cc(C(=O)Nc2nc(C)no2)c1. The summed E-state index contributed by atoms with van der Waals surface area (Å²) in [6, 6.07) is 5.54. The van der Waals surface area contributed by atoms with Gasteiger partial charge in [0.1, 0.15) is 0 Å². The lowest BCUT2D eigenvalue weighted by atomic mass is 10.1. The highest BCUT2D eigenvalue weighted by Gasteiger charge is 2.11. The second-order valence-corrected chi connectivity index (χ2v) is 4.53. The minimum Gasteiger partial charge on any atom is -0.315 e. The van der Waals surface area contributed by atoms with E-state index in [9.17, 15) is 4.79 Å². The van der Waals surface area contributed by atoms with Crippen LogP contribution < -0.4 is 5.32 Å². The maximum absolute atomic E-state index is 11.9. The average molecular weight is 296 g/mol. The molecule has 0 bridgehead atoms. The average Bonchev–Trinajstić information content (AvgIpc) is 2.62. The van der Waals surface area contributed by atoms with E-state index in [1.807, 2.05) is 13.0 Å². The molecule has 0 saturated heterocycles. The fraction of sp³-hybridized carbons (Fsp3) is 0.182. The van der Waals surface area contributed by atoms with Crippen LogP contribution in [0.15, 0.2) is 27.2 Å². The van der Waals surface area contributed by atoms with Gasteiger partial charge in [0.05, 0.1) is 0 Å². The third kappa shape index (κ3) is 2.91. The number of carbonyl (C=O) groups is 1. The monoisotopic (exact) mass is 295 g/mol. The first kappa shape index (κ1) is 11.8. The Labute approximate surface area is 106 Å². The molecule has 17 heavy (non-hydrogen) atoms. The predicted octanol–water partition coefficient (Wildman–Crippen LogP) is 2.70. The molecule has 1 N–H and O–H groups in total. The zero-order chi connectivity index (χ0) is 12.4. The summed E-state index contributed by atoms with van der Waals surface area (Å²) in [7, 11) is 0. The van der Waals surface area contributed by atoms with E-state index in [4.69, 9.17) is 4.52 Å². The summed E-state index contributed by atoms with van der Waals surface area (Å²) < 4.78 is 5.66. The lowest BCUT2D eigenvalue weighted by molar-refractivity contribution is 0.102. The fourth-order valence-corrected chi connectivity index (χ4v) is 1.99. The van der Waals surface area contributed by atoms with Crippen LogP contribution in [0.5, 0.6) is 0 Å². The van der Waals surface area contributed by atoms with Crippen molar-refractivity contribution in [3.05, 3.63) is 39.6 Å². The van der Waals surface area contributed by atoms with Crippen molar-refractivity contribution in [2.24, 2.45) is 0 Å². The minimum absolute atomic E-state index is 0.102. The number of hydrogen-bond acceptors (Lipinski definition) is 4. The van der Waals surface area contributed by atoms with E-state index in [-0.39, 0.29) is 11.9 Å². The standard InChI is InChI=1S/C11H10BrN3O2/c1-6-3-8(5-9(12)4-6)10(16)14-11-13-7(2)15-17-11/h3-5H,1-2H3,(H,13,14,15,16). The van der Waals surface area contributed by atoms with E-state index in [1.54, 1.807) is 19.1 Å². The van der Waals surface area contributed by atoms with Crippen molar-refractivity contribution >= 4 is 27.9 Å². The van der Waals surface area contributed by atoms with Crippen LogP contribution in [0, 0.1) is 13.8 Å². The smallest absolute Gasteiger partial charge is 0.315 e. The number of amides is 1. The molecule has 6 heteroatoms. The Morgan fingerprint density at radius 1 is 1.35 bits per heavy atom. The summed E-state index contributed by atoms with van der Waals surface area (Å²) >= 11 is 3.34. The van der Waals surface area contributed by atoms with Gasteiger partial charge in [-0.1, -0.05) is 21.1 Å². The van der Waals surface area contributed by atoms with E-state index in [0.717, 1.165) is 10.0 Å². The van der Waals surface area contributed by atoms with Crippen LogP contribution in [0.3, 0.4) is 0 Å². The molecule has 0 saturated carbocycles. The van der Waals surface area contributed by atoms with E-state index < -0.39 is 0 Å². The van der Waals surface area contributed by atoms with Gasteiger partial charge in [-0.2, -0.15) is 4.98 Å². The lowest BCUT2D eigenvalue weighted by Crippen LogP contribution is -2.12. The topological polar surface area (TPSA) is 68.0 Å². The first-order valence-electron chi connectivity index (χ1n) is 4.93. The van der Waals surface area contributed by atoms with Crippen LogP contribution in [-0.2, 0) is 0 Å². The van der Waals surface area contributed by atoms with Gasteiger partial charge in [-0.05, 0) is 37.6 Å². The Morgan fingerprint density at radius 3 is 2.71 bits per heavy atom. The van der Waals surface area contributed by atoms with Crippen molar-refractivity contribution in [1.29, 1.82) is 0 Å². The molecule has 5 nitrogen and oxygen atoms in total. The number of nitrogens with zero attached hydrogens (tertiary/aromatic N) is 2. The molecular formula is C11H10BrN3O2. The normalized spacial score (nSPS) is 10.3. The van der Waals surface area contributed by atoms with Crippen molar-refractivity contribution < 1.29 is 9.32 Å². The van der Waals surface area contributed by atoms with E-state index >= 15 is 0 Å². The van der Waals surface area contributed by atoms with Crippen molar-refractivity contribution in [2.45, 2.75) is 13.8 Å². The Balaban J connectivity index is 2.19. The summed E-state index contributed by atoms with van der Waals surface area (Å²) in [5.74, 6) is 0.198. The van der Waals surface area contributed by atoms with Crippen LogP contribution in [0.2, 0.25) is 0 Å². The Morgan fingerprint density at radius 2 is 2.12 bits per heavy atom. The van der Waals surface area contributed by atoms with Gasteiger partial charge in [0.2, 0.25) is 0 Å². The highest BCUT2D eigenvalue weighted by Crippen LogP contribution is 2.16. The molecule has 1 heterocycles. The number of hydrogen-bond donors (Lipinski definition) is 1. The van der Waals surface area contributed by atoms with Gasteiger partial charge in [0, 0.05) is 10.0 Å². The Kier molecular flexibility index (Phi) is 3.23. The number of aromatic nitrogens is 2. The third-order valence-electron chi connectivity index (χ3n) is 2.05. The number of benzene rings is 1. The van der Waals surface area contributed by atoms with Gasteiger partial charge in [0.25, 0.3) is 5.91 Å². The molecule has 2 aromatic rings. The maximum atomic E-state index is 11.9. The molecule has 0 radical (unpaired) electrons. The second kappa shape index (κ2) is 4.67. The zero-order valence-corrected chi connectivity index (χ0v) is 10.9. The highest BCUT2D eigenvalue weighted by atomic mass is 79.9. The maximum Gasteiger partial charge on any atom is 0.328 e. The molecule has 0 aliphatic heterocycles. The summed E-state index contributed by atoms with van der Waals surface area (Å²) in [5.41, 5.74) is 1.53. The highest BCUT2D eigenvalue weighted by molar-refractivity contribution is 9.10. The van der Waals surface area contributed by atoms with Gasteiger partial charge in [-0.3, -0.25) is 10.1 Å². The predicted molar refractivity (Wildman–Crippen MR) is 65.9 cm³/mol. The van der Waals surface area contributed by atoms with Crippen LogP contribution in [0.25, 0.3) is 0 Å². The number of carbonyl (C=O) groups excluding carboxylic acids is 1. The summed E-state index contributed by atoms with van der Waals surface area (Å²) in [5, 5.41) is 6.12. The van der Waals surface area contributed by atoms with E-state index in [1.165, 1.54) is 0 Å². The number of halogens is 1. The summed E-state index contributed by atoms with van der Waals surface area (Å²) in [6.45, 7) is 3.60. The van der Waals surface area contributed by atoms with Crippen molar-refractivity contribution in [2.75, 3.05) is 5.32 Å². The van der Waals surface area contributed by atoms with Crippen LogP contribution in [0.4, 0.5) is 6.01 Å². The number of anilines is 1. The van der Waals surface area contributed by atoms with E-state index in [2.05, 4.69) is 31.4 Å². The number of rotatable bonds is 2. The van der Waals surface area contributed by atoms with Gasteiger partial charge >= 0.3 is 6.01 Å². The zero-order valence-electron chi connectivity index (χ0n) is 9.32. The first-order chi connectivity index (χ1) is 8.04. The molecular weight excluding hydrogens is 286 g/mol. The van der Waals surface area contributed by atoms with Gasteiger partial charge in [-0.15, -0.1) is 0 Å². The molecule has 88 valence electrons. The van der Waals surface area contributed by atoms with Crippen LogP contribution in [-0.4, -0.2) is 16.0 Å². The van der Waals surface area contributed by atoms with Crippen molar-refractivity contribution in [3.8, 4) is 0 Å². The van der Waals surface area contributed by atoms with Gasteiger partial charge < -0.3 is 4.52 Å². The minimum atomic E-state index is -0.280. The molecule has 1 amide bonds. The molecule has 1 aromatic heterocycles. The van der Waals surface area contributed by atoms with Crippen molar-refractivity contribution in [1.82, 2.24) is 10.1 Å². The molecule has 0 aliphatic rings. The van der Waals surface area contributed by atoms with E-state index in [0.29, 0.717) is 11.4 Å². The quantitative estimate of drug-likeness (QED) is 0.925. The lowest BCUT2D eigenvalue weighted by Gasteiger charge is -2.02. The summed E-state index contributed by atoms with van der Waals surface area (Å²) in [4.78, 5) is 15.8. The number of nitrogens with one attached hydrogen (secondary N) is 1. The van der Waals surface area contributed by atoms with Crippen molar-refractivity contribution in [3.63, 3.8) is 0 Å². The molecule has 0 aliphatic carbocycles. The molecule has 1 aromatic carbocycles. The molecule has 0 spiro atoms. The molecule has 0 atom stereocenters. The largest absolute Gasteiger partial charge is 0.328 e. The Hall–Kier alpha value is -1.69. The van der Waals surface area contributed by atoms with Crippen LogP contribution in [0.1, 0.15) is 21.7 Å². The summed E-state index contributed by atoms with van der Waals surface area (Å²) in [6.07, 6.45) is 0. The molecule has 2 rings (SSSR count). The fourth-order valence-electron chi connectivity index (χ4n) is 1.38. The van der Waals surface area contributed by atoms with Crippen LogP contribution >= 0.6 is 15.9 Å². The Bertz CT molecular complexity index is 545. The molecule has 0 fully saturated rings.